The van der Waals surface area contributed by atoms with Crippen molar-refractivity contribution in [2.45, 2.75) is 91.1 Å². The van der Waals surface area contributed by atoms with Crippen LogP contribution < -0.4 is 5.32 Å². The standard InChI is InChI=1S/C24H37ClN4O4/c1-14(15(2)28-10-8-9-16(12-28)24(6,7)32)27-18-11-26-20(25)17-13-29(21(30)19(17)18)22(31)33-23(3,4)5/h11,14-16,27,32H,8-10,12-13H2,1-7H3/t14-,15?,16+/m0/s1. The molecule has 2 aliphatic heterocycles. The molecule has 3 atom stereocenters. The molecule has 0 radical (unpaired) electrons. The molecule has 1 aromatic heterocycles. The Morgan fingerprint density at radius 1 is 1.30 bits per heavy atom. The van der Waals surface area contributed by atoms with E-state index in [2.05, 4.69) is 29.0 Å². The molecule has 8 nitrogen and oxygen atoms in total. The third kappa shape index (κ3) is 5.78. The normalized spacial score (nSPS) is 21.5. The van der Waals surface area contributed by atoms with Crippen LogP contribution in [0.5, 0.6) is 0 Å². The summed E-state index contributed by atoms with van der Waals surface area (Å²) in [6.07, 6.45) is 2.90. The van der Waals surface area contributed by atoms with Crippen LogP contribution in [0.25, 0.3) is 0 Å². The summed E-state index contributed by atoms with van der Waals surface area (Å²) in [5.74, 6) is -0.225. The zero-order chi connectivity index (χ0) is 24.7. The highest BCUT2D eigenvalue weighted by Crippen LogP contribution is 2.35. The van der Waals surface area contributed by atoms with Crippen molar-refractivity contribution in [1.82, 2.24) is 14.8 Å². The van der Waals surface area contributed by atoms with Gasteiger partial charge in [-0.15, -0.1) is 0 Å². The minimum absolute atomic E-state index is 0.0130. The van der Waals surface area contributed by atoms with Crippen LogP contribution in [0.2, 0.25) is 5.15 Å². The van der Waals surface area contributed by atoms with Crippen LogP contribution in [0, 0.1) is 5.92 Å². The lowest BCUT2D eigenvalue weighted by Gasteiger charge is -2.43. The van der Waals surface area contributed by atoms with Crippen LogP contribution in [0.1, 0.15) is 77.2 Å². The van der Waals surface area contributed by atoms with Gasteiger partial charge in [0.2, 0.25) is 0 Å². The number of nitrogens with one attached hydrogen (secondary N) is 1. The molecule has 0 bridgehead atoms. The Morgan fingerprint density at radius 3 is 2.58 bits per heavy atom. The van der Waals surface area contributed by atoms with Crippen LogP contribution in [0.15, 0.2) is 6.20 Å². The lowest BCUT2D eigenvalue weighted by molar-refractivity contribution is -0.0264. The molecule has 2 aliphatic rings. The number of hydrogen-bond acceptors (Lipinski definition) is 7. The van der Waals surface area contributed by atoms with E-state index in [1.165, 1.54) is 0 Å². The third-order valence-electron chi connectivity index (χ3n) is 6.65. The first-order valence-corrected chi connectivity index (χ1v) is 12.0. The number of hydrogen-bond donors (Lipinski definition) is 2. The average Bonchev–Trinajstić information content (AvgIpc) is 3.06. The molecule has 2 amide bonds. The second-order valence-corrected chi connectivity index (χ2v) is 11.2. The van der Waals surface area contributed by atoms with E-state index in [1.54, 1.807) is 27.0 Å². The smallest absolute Gasteiger partial charge is 0.417 e. The molecule has 0 aliphatic carbocycles. The molecular weight excluding hydrogens is 444 g/mol. The Morgan fingerprint density at radius 2 is 1.97 bits per heavy atom. The van der Waals surface area contributed by atoms with Gasteiger partial charge >= 0.3 is 6.09 Å². The number of ether oxygens (including phenoxy) is 1. The predicted octanol–water partition coefficient (Wildman–Crippen LogP) is 4.30. The van der Waals surface area contributed by atoms with Gasteiger partial charge in [-0.05, 0) is 73.8 Å². The molecule has 33 heavy (non-hydrogen) atoms. The summed E-state index contributed by atoms with van der Waals surface area (Å²) in [4.78, 5) is 33.4. The van der Waals surface area contributed by atoms with Gasteiger partial charge in [-0.25, -0.2) is 14.7 Å². The maximum atomic E-state index is 13.2. The summed E-state index contributed by atoms with van der Waals surface area (Å²) in [5.41, 5.74) is 0.0218. The summed E-state index contributed by atoms with van der Waals surface area (Å²) in [6.45, 7) is 15.0. The summed E-state index contributed by atoms with van der Waals surface area (Å²) in [7, 11) is 0. The van der Waals surface area contributed by atoms with Crippen molar-refractivity contribution in [3.8, 4) is 0 Å². The quantitative estimate of drug-likeness (QED) is 0.606. The van der Waals surface area contributed by atoms with Gasteiger partial charge in [0, 0.05) is 24.2 Å². The minimum Gasteiger partial charge on any atom is -0.443 e. The molecule has 1 unspecified atom stereocenters. The maximum Gasteiger partial charge on any atom is 0.417 e. The summed E-state index contributed by atoms with van der Waals surface area (Å²) in [5, 5.41) is 14.1. The van der Waals surface area contributed by atoms with Gasteiger partial charge in [-0.1, -0.05) is 11.6 Å². The van der Waals surface area contributed by atoms with Crippen molar-refractivity contribution >= 4 is 29.3 Å². The zero-order valence-electron chi connectivity index (χ0n) is 20.7. The SMILES string of the molecule is CC([C@H](C)Nc1cnc(Cl)c2c1C(=O)N(C(=O)OC(C)(C)C)C2)N1CCC[C@@H](C(C)(C)O)C1. The molecule has 2 N–H and O–H groups in total. The van der Waals surface area contributed by atoms with Gasteiger partial charge in [-0.3, -0.25) is 9.69 Å². The fraction of sp³-hybridized carbons (Fsp3) is 0.708. The number of carbonyl (C=O) groups excluding carboxylic acids is 2. The average molecular weight is 481 g/mol. The van der Waals surface area contributed by atoms with E-state index in [9.17, 15) is 14.7 Å². The highest BCUT2D eigenvalue weighted by atomic mass is 35.5. The fourth-order valence-corrected chi connectivity index (χ4v) is 4.69. The maximum absolute atomic E-state index is 13.2. The molecule has 0 spiro atoms. The van der Waals surface area contributed by atoms with Gasteiger partial charge < -0.3 is 15.2 Å². The number of halogens is 1. The van der Waals surface area contributed by atoms with E-state index in [1.807, 2.05) is 13.8 Å². The molecule has 3 heterocycles. The molecule has 0 aromatic carbocycles. The molecule has 0 saturated carbocycles. The zero-order valence-corrected chi connectivity index (χ0v) is 21.5. The van der Waals surface area contributed by atoms with Gasteiger partial charge in [0.1, 0.15) is 10.8 Å². The van der Waals surface area contributed by atoms with Crippen LogP contribution in [-0.2, 0) is 11.3 Å². The van der Waals surface area contributed by atoms with Crippen LogP contribution in [0.4, 0.5) is 10.5 Å². The summed E-state index contributed by atoms with van der Waals surface area (Å²) in [6, 6.07) is 0.140. The lowest BCUT2D eigenvalue weighted by Crippen LogP contribution is -2.51. The molecule has 1 saturated heterocycles. The van der Waals surface area contributed by atoms with Crippen molar-refractivity contribution in [2.24, 2.45) is 5.92 Å². The Bertz CT molecular complexity index is 909. The van der Waals surface area contributed by atoms with Gasteiger partial charge in [0.15, 0.2) is 0 Å². The van der Waals surface area contributed by atoms with E-state index < -0.39 is 23.2 Å². The van der Waals surface area contributed by atoms with Gasteiger partial charge in [0.25, 0.3) is 5.91 Å². The topological polar surface area (TPSA) is 95.0 Å². The third-order valence-corrected chi connectivity index (χ3v) is 6.98. The number of nitrogens with zero attached hydrogens (tertiary/aromatic N) is 3. The number of carbonyl (C=O) groups is 2. The first kappa shape index (κ1) is 25.7. The molecule has 1 fully saturated rings. The van der Waals surface area contributed by atoms with E-state index in [4.69, 9.17) is 16.3 Å². The van der Waals surface area contributed by atoms with Crippen LogP contribution in [-0.4, -0.2) is 68.3 Å². The number of rotatable bonds is 5. The molecular formula is C24H37ClN4O4. The summed E-state index contributed by atoms with van der Waals surface area (Å²) < 4.78 is 5.39. The highest BCUT2D eigenvalue weighted by molar-refractivity contribution is 6.31. The largest absolute Gasteiger partial charge is 0.443 e. The fourth-order valence-electron chi connectivity index (χ4n) is 4.49. The van der Waals surface area contributed by atoms with Gasteiger partial charge in [0.05, 0.1) is 29.6 Å². The summed E-state index contributed by atoms with van der Waals surface area (Å²) >= 11 is 6.29. The first-order valence-electron chi connectivity index (χ1n) is 11.6. The predicted molar refractivity (Wildman–Crippen MR) is 128 cm³/mol. The van der Waals surface area contributed by atoms with Crippen molar-refractivity contribution < 1.29 is 19.4 Å². The number of fused-ring (bicyclic) bond motifs is 1. The minimum atomic E-state index is -0.715. The van der Waals surface area contributed by atoms with Crippen molar-refractivity contribution in [1.29, 1.82) is 0 Å². The number of amides is 2. The number of aliphatic hydroxyl groups is 1. The monoisotopic (exact) mass is 480 g/mol. The number of aromatic nitrogens is 1. The number of piperidine rings is 1. The Hall–Kier alpha value is -1.90. The molecule has 184 valence electrons. The number of pyridine rings is 1. The second kappa shape index (κ2) is 9.39. The molecule has 3 rings (SSSR count). The van der Waals surface area contributed by atoms with Crippen LogP contribution >= 0.6 is 11.6 Å². The van der Waals surface area contributed by atoms with Gasteiger partial charge in [-0.2, -0.15) is 0 Å². The lowest BCUT2D eigenvalue weighted by atomic mass is 9.83. The second-order valence-electron chi connectivity index (χ2n) is 10.8. The van der Waals surface area contributed by atoms with Crippen molar-refractivity contribution in [3.05, 3.63) is 22.5 Å². The van der Waals surface area contributed by atoms with Crippen LogP contribution in [0.3, 0.4) is 0 Å². The Labute approximate surface area is 201 Å². The highest BCUT2D eigenvalue weighted by Gasteiger charge is 2.39. The molecule has 1 aromatic rings. The molecule has 9 heteroatoms. The van der Waals surface area contributed by atoms with Crippen molar-refractivity contribution in [3.63, 3.8) is 0 Å². The number of anilines is 1. The van der Waals surface area contributed by atoms with E-state index in [0.29, 0.717) is 16.8 Å². The van der Waals surface area contributed by atoms with E-state index in [0.717, 1.165) is 30.8 Å². The van der Waals surface area contributed by atoms with E-state index in [-0.39, 0.29) is 29.7 Å². The Kier molecular flexibility index (Phi) is 7.32. The number of imide groups is 1. The number of likely N-dealkylation sites (tertiary alicyclic amines) is 1. The first-order chi connectivity index (χ1) is 15.2. The van der Waals surface area contributed by atoms with Crippen molar-refractivity contribution in [2.75, 3.05) is 18.4 Å². The van der Waals surface area contributed by atoms with E-state index >= 15 is 0 Å². The Balaban J connectivity index is 1.77.